The Morgan fingerprint density at radius 1 is 1.18 bits per heavy atom. The maximum Gasteiger partial charge on any atom is 0.253 e. The minimum absolute atomic E-state index is 0.180. The molecule has 0 atom stereocenters. The van der Waals surface area contributed by atoms with Crippen molar-refractivity contribution in [3.05, 3.63) is 60.0 Å². The predicted octanol–water partition coefficient (Wildman–Crippen LogP) is 2.22. The molecule has 28 heavy (non-hydrogen) atoms. The van der Waals surface area contributed by atoms with Crippen LogP contribution < -0.4 is 10.2 Å². The topological polar surface area (TPSA) is 88.8 Å². The zero-order valence-electron chi connectivity index (χ0n) is 15.8. The van der Waals surface area contributed by atoms with Gasteiger partial charge in [0.05, 0.1) is 11.3 Å². The zero-order chi connectivity index (χ0) is 19.3. The van der Waals surface area contributed by atoms with Gasteiger partial charge in [0.15, 0.2) is 0 Å². The van der Waals surface area contributed by atoms with Gasteiger partial charge in [-0.05, 0) is 52.9 Å². The van der Waals surface area contributed by atoms with Crippen LogP contribution in [0.1, 0.15) is 35.7 Å². The van der Waals surface area contributed by atoms with E-state index in [0.29, 0.717) is 17.8 Å². The quantitative estimate of drug-likeness (QED) is 0.733. The molecule has 0 aliphatic carbocycles. The van der Waals surface area contributed by atoms with Crippen LogP contribution in [0, 0.1) is 5.92 Å². The first kappa shape index (κ1) is 18.1. The zero-order valence-corrected chi connectivity index (χ0v) is 15.8. The molecule has 0 unspecified atom stereocenters. The number of amides is 1. The van der Waals surface area contributed by atoms with Gasteiger partial charge in [0.1, 0.15) is 12.1 Å². The second-order valence-electron chi connectivity index (χ2n) is 7.15. The highest BCUT2D eigenvalue weighted by Gasteiger charge is 2.17. The van der Waals surface area contributed by atoms with Crippen molar-refractivity contribution < 1.29 is 4.79 Å². The Balaban J connectivity index is 1.39. The standard InChI is InChI=1S/C20H23N7O/c1-15-8-10-26(11-9-15)19-7-6-16(12-21-19)13-22-20(28)17-4-2-3-5-18(17)27-14-23-24-25-27/h2-7,12,14-15H,8-11,13H2,1H3,(H,22,28). The lowest BCUT2D eigenvalue weighted by Gasteiger charge is -2.31. The summed E-state index contributed by atoms with van der Waals surface area (Å²) in [6.07, 6.45) is 5.72. The van der Waals surface area contributed by atoms with Gasteiger partial charge >= 0.3 is 0 Å². The second-order valence-corrected chi connectivity index (χ2v) is 7.15. The Morgan fingerprint density at radius 3 is 2.71 bits per heavy atom. The fourth-order valence-electron chi connectivity index (χ4n) is 3.36. The van der Waals surface area contributed by atoms with Crippen LogP contribution in [0.2, 0.25) is 0 Å². The van der Waals surface area contributed by atoms with Gasteiger partial charge in [-0.2, -0.15) is 4.68 Å². The highest BCUT2D eigenvalue weighted by atomic mass is 16.1. The van der Waals surface area contributed by atoms with Crippen molar-refractivity contribution in [1.82, 2.24) is 30.5 Å². The number of carbonyl (C=O) groups excluding carboxylic acids is 1. The number of nitrogens with one attached hydrogen (secondary N) is 1. The monoisotopic (exact) mass is 377 g/mol. The van der Waals surface area contributed by atoms with Gasteiger partial charge in [-0.1, -0.05) is 25.1 Å². The number of piperidine rings is 1. The third kappa shape index (κ3) is 4.00. The molecule has 0 spiro atoms. The summed E-state index contributed by atoms with van der Waals surface area (Å²) in [6, 6.07) is 11.3. The third-order valence-electron chi connectivity index (χ3n) is 5.11. The van der Waals surface area contributed by atoms with Crippen LogP contribution in [-0.2, 0) is 6.54 Å². The maximum absolute atomic E-state index is 12.7. The smallest absolute Gasteiger partial charge is 0.253 e. The number of nitrogens with zero attached hydrogens (tertiary/aromatic N) is 6. The summed E-state index contributed by atoms with van der Waals surface area (Å²) in [5.74, 6) is 1.62. The van der Waals surface area contributed by atoms with Crippen molar-refractivity contribution in [3.8, 4) is 5.69 Å². The molecule has 1 N–H and O–H groups in total. The molecule has 8 heteroatoms. The first-order valence-corrected chi connectivity index (χ1v) is 9.51. The van der Waals surface area contributed by atoms with Crippen molar-refractivity contribution in [2.24, 2.45) is 5.92 Å². The third-order valence-corrected chi connectivity index (χ3v) is 5.11. The number of carbonyl (C=O) groups is 1. The van der Waals surface area contributed by atoms with Crippen LogP contribution in [0.15, 0.2) is 48.9 Å². The van der Waals surface area contributed by atoms with E-state index in [2.05, 4.69) is 37.6 Å². The first-order valence-electron chi connectivity index (χ1n) is 9.51. The molecule has 1 amide bonds. The molecule has 0 saturated carbocycles. The lowest BCUT2D eigenvalue weighted by atomic mass is 9.99. The summed E-state index contributed by atoms with van der Waals surface area (Å²) in [4.78, 5) is 19.6. The van der Waals surface area contributed by atoms with Gasteiger partial charge in [0.25, 0.3) is 5.91 Å². The van der Waals surface area contributed by atoms with Crippen LogP contribution in [0.4, 0.5) is 5.82 Å². The molecule has 1 saturated heterocycles. The molecule has 1 aromatic carbocycles. The van der Waals surface area contributed by atoms with Crippen molar-refractivity contribution in [2.45, 2.75) is 26.3 Å². The van der Waals surface area contributed by atoms with Gasteiger partial charge in [0.2, 0.25) is 0 Å². The van der Waals surface area contributed by atoms with E-state index in [4.69, 9.17) is 0 Å². The highest BCUT2D eigenvalue weighted by molar-refractivity contribution is 5.97. The Bertz CT molecular complexity index is 916. The van der Waals surface area contributed by atoms with Crippen LogP contribution in [-0.4, -0.2) is 44.2 Å². The van der Waals surface area contributed by atoms with Crippen LogP contribution in [0.25, 0.3) is 5.69 Å². The Morgan fingerprint density at radius 2 is 2.00 bits per heavy atom. The SMILES string of the molecule is CC1CCN(c2ccc(CNC(=O)c3ccccc3-n3cnnn3)cn2)CC1. The molecule has 2 aromatic heterocycles. The molecule has 1 aliphatic rings. The molecule has 0 bridgehead atoms. The number of para-hydroxylation sites is 1. The maximum atomic E-state index is 12.7. The Labute approximate surface area is 163 Å². The second kappa shape index (κ2) is 8.16. The largest absolute Gasteiger partial charge is 0.357 e. The molecule has 144 valence electrons. The van der Waals surface area contributed by atoms with Gasteiger partial charge in [-0.25, -0.2) is 4.98 Å². The van der Waals surface area contributed by atoms with E-state index < -0.39 is 0 Å². The summed E-state index contributed by atoms with van der Waals surface area (Å²) >= 11 is 0. The van der Waals surface area contributed by atoms with E-state index in [-0.39, 0.29) is 5.91 Å². The van der Waals surface area contributed by atoms with Crippen LogP contribution >= 0.6 is 0 Å². The Kier molecular flexibility index (Phi) is 5.27. The number of hydrogen-bond acceptors (Lipinski definition) is 6. The fourth-order valence-corrected chi connectivity index (χ4v) is 3.36. The van der Waals surface area contributed by atoms with E-state index in [1.54, 1.807) is 12.1 Å². The fraction of sp³-hybridized carbons (Fsp3) is 0.350. The van der Waals surface area contributed by atoms with Crippen molar-refractivity contribution in [3.63, 3.8) is 0 Å². The molecule has 0 radical (unpaired) electrons. The minimum atomic E-state index is -0.180. The van der Waals surface area contributed by atoms with E-state index in [1.165, 1.54) is 23.9 Å². The molecule has 8 nitrogen and oxygen atoms in total. The summed E-state index contributed by atoms with van der Waals surface area (Å²) in [5, 5.41) is 14.1. The van der Waals surface area contributed by atoms with Gasteiger partial charge < -0.3 is 10.2 Å². The van der Waals surface area contributed by atoms with Crippen LogP contribution in [0.3, 0.4) is 0 Å². The molecule has 3 heterocycles. The average molecular weight is 377 g/mol. The van der Waals surface area contributed by atoms with E-state index in [0.717, 1.165) is 30.4 Å². The number of aromatic nitrogens is 5. The van der Waals surface area contributed by atoms with E-state index in [1.807, 2.05) is 30.5 Å². The lowest BCUT2D eigenvalue weighted by Crippen LogP contribution is -2.33. The predicted molar refractivity (Wildman–Crippen MR) is 105 cm³/mol. The normalized spacial score (nSPS) is 14.8. The molecular weight excluding hydrogens is 354 g/mol. The highest BCUT2D eigenvalue weighted by Crippen LogP contribution is 2.21. The molecule has 1 fully saturated rings. The molecule has 1 aliphatic heterocycles. The average Bonchev–Trinajstić information content (AvgIpc) is 3.28. The number of rotatable bonds is 5. The summed E-state index contributed by atoms with van der Waals surface area (Å²) in [6.45, 7) is 4.82. The molecule has 3 aromatic rings. The van der Waals surface area contributed by atoms with Crippen molar-refractivity contribution in [2.75, 3.05) is 18.0 Å². The summed E-state index contributed by atoms with van der Waals surface area (Å²) < 4.78 is 1.48. The van der Waals surface area contributed by atoms with E-state index >= 15 is 0 Å². The number of anilines is 1. The lowest BCUT2D eigenvalue weighted by molar-refractivity contribution is 0.0950. The summed E-state index contributed by atoms with van der Waals surface area (Å²) in [5.41, 5.74) is 2.11. The van der Waals surface area contributed by atoms with E-state index in [9.17, 15) is 4.79 Å². The number of hydrogen-bond donors (Lipinski definition) is 1. The number of benzene rings is 1. The van der Waals surface area contributed by atoms with Crippen LogP contribution in [0.5, 0.6) is 0 Å². The van der Waals surface area contributed by atoms with Gasteiger partial charge in [-0.15, -0.1) is 5.10 Å². The van der Waals surface area contributed by atoms with Crippen molar-refractivity contribution >= 4 is 11.7 Å². The molecule has 4 rings (SSSR count). The number of pyridine rings is 1. The van der Waals surface area contributed by atoms with Gasteiger partial charge in [0, 0.05) is 25.8 Å². The molecular formula is C20H23N7O. The van der Waals surface area contributed by atoms with Gasteiger partial charge in [-0.3, -0.25) is 4.79 Å². The first-order chi connectivity index (χ1) is 13.7. The minimum Gasteiger partial charge on any atom is -0.357 e. The summed E-state index contributed by atoms with van der Waals surface area (Å²) in [7, 11) is 0. The number of tetrazole rings is 1. The van der Waals surface area contributed by atoms with Crippen molar-refractivity contribution in [1.29, 1.82) is 0 Å². The Hall–Kier alpha value is -3.29.